The quantitative estimate of drug-likeness (QED) is 0.795. The van der Waals surface area contributed by atoms with E-state index in [1.165, 1.54) is 0 Å². The number of rotatable bonds is 3. The fraction of sp³-hybridized carbons (Fsp3) is 0.417. The Morgan fingerprint density at radius 3 is 2.59 bits per heavy atom. The van der Waals surface area contributed by atoms with E-state index < -0.39 is 6.04 Å². The Morgan fingerprint density at radius 2 is 2.00 bits per heavy atom. The highest BCUT2D eigenvalue weighted by molar-refractivity contribution is 5.82. The van der Waals surface area contributed by atoms with E-state index in [1.54, 1.807) is 14.2 Å². The van der Waals surface area contributed by atoms with Gasteiger partial charge in [0.15, 0.2) is 11.5 Å². The first-order valence-corrected chi connectivity index (χ1v) is 5.45. The zero-order valence-electron chi connectivity index (χ0n) is 9.95. The molecule has 3 N–H and O–H groups in total. The molecule has 17 heavy (non-hydrogen) atoms. The second kappa shape index (κ2) is 4.63. The minimum Gasteiger partial charge on any atom is -0.493 e. The van der Waals surface area contributed by atoms with E-state index in [0.717, 1.165) is 24.1 Å². The van der Waals surface area contributed by atoms with E-state index in [1.807, 2.05) is 12.1 Å². The Labute approximate surface area is 99.9 Å². The predicted molar refractivity (Wildman–Crippen MR) is 63.2 cm³/mol. The molecule has 0 radical (unpaired) electrons. The number of hydrogen-bond donors (Lipinski definition) is 2. The van der Waals surface area contributed by atoms with Crippen LogP contribution in [-0.4, -0.2) is 26.7 Å². The molecule has 1 aliphatic heterocycles. The van der Waals surface area contributed by atoms with E-state index in [-0.39, 0.29) is 5.91 Å². The summed E-state index contributed by atoms with van der Waals surface area (Å²) in [7, 11) is 3.16. The van der Waals surface area contributed by atoms with Gasteiger partial charge in [0.05, 0.1) is 14.2 Å². The second-order valence-electron chi connectivity index (χ2n) is 3.95. The topological polar surface area (TPSA) is 73.6 Å². The van der Waals surface area contributed by atoms with Crippen molar-refractivity contribution in [3.63, 3.8) is 0 Å². The lowest BCUT2D eigenvalue weighted by atomic mass is 9.93. The van der Waals surface area contributed by atoms with Crippen LogP contribution in [0, 0.1) is 0 Å². The number of nitrogens with one attached hydrogen (secondary N) is 1. The molecule has 2 rings (SSSR count). The van der Waals surface area contributed by atoms with Crippen LogP contribution in [0.1, 0.15) is 17.2 Å². The molecule has 0 spiro atoms. The minimum absolute atomic E-state index is 0.377. The summed E-state index contributed by atoms with van der Waals surface area (Å²) in [5.41, 5.74) is 7.32. The molecule has 1 aromatic rings. The molecule has 1 unspecified atom stereocenters. The number of fused-ring (bicyclic) bond motifs is 1. The van der Waals surface area contributed by atoms with Gasteiger partial charge in [-0.2, -0.15) is 0 Å². The molecule has 1 heterocycles. The molecule has 0 fully saturated rings. The number of carbonyl (C=O) groups is 1. The number of amides is 1. The van der Waals surface area contributed by atoms with Crippen molar-refractivity contribution in [1.29, 1.82) is 0 Å². The zero-order chi connectivity index (χ0) is 12.4. The fourth-order valence-corrected chi connectivity index (χ4v) is 2.14. The normalized spacial score (nSPS) is 18.4. The fourth-order valence-electron chi connectivity index (χ4n) is 2.14. The lowest BCUT2D eigenvalue weighted by Gasteiger charge is -2.25. The first-order valence-electron chi connectivity index (χ1n) is 5.45. The van der Waals surface area contributed by atoms with Gasteiger partial charge in [-0.25, -0.2) is 0 Å². The summed E-state index contributed by atoms with van der Waals surface area (Å²) in [4.78, 5) is 11.4. The maximum Gasteiger partial charge on any atom is 0.239 e. The molecule has 92 valence electrons. The molecule has 0 bridgehead atoms. The number of carbonyl (C=O) groups excluding carboxylic acids is 1. The number of benzene rings is 1. The number of hydrogen-bond acceptors (Lipinski definition) is 4. The SMILES string of the molecule is COc1cc2c(cc1OC)C(C(N)=O)NCC2. The van der Waals surface area contributed by atoms with E-state index in [4.69, 9.17) is 15.2 Å². The molecule has 0 aromatic heterocycles. The van der Waals surface area contributed by atoms with Gasteiger partial charge in [0.1, 0.15) is 6.04 Å². The average molecular weight is 236 g/mol. The van der Waals surface area contributed by atoms with Crippen LogP contribution in [0.25, 0.3) is 0 Å². The van der Waals surface area contributed by atoms with Crippen LogP contribution in [0.3, 0.4) is 0 Å². The van der Waals surface area contributed by atoms with Crippen molar-refractivity contribution in [3.05, 3.63) is 23.3 Å². The highest BCUT2D eigenvalue weighted by Gasteiger charge is 2.26. The third kappa shape index (κ3) is 2.06. The number of methoxy groups -OCH3 is 2. The van der Waals surface area contributed by atoms with Crippen LogP contribution >= 0.6 is 0 Å². The summed E-state index contributed by atoms with van der Waals surface area (Å²) in [5.74, 6) is 0.913. The summed E-state index contributed by atoms with van der Waals surface area (Å²) in [6.45, 7) is 0.732. The van der Waals surface area contributed by atoms with E-state index in [2.05, 4.69) is 5.32 Å². The zero-order valence-corrected chi connectivity index (χ0v) is 9.95. The molecule has 1 atom stereocenters. The van der Waals surface area contributed by atoms with Crippen molar-refractivity contribution in [3.8, 4) is 11.5 Å². The van der Waals surface area contributed by atoms with Crippen LogP contribution in [0.5, 0.6) is 11.5 Å². The highest BCUT2D eigenvalue weighted by Crippen LogP contribution is 2.34. The Hall–Kier alpha value is -1.75. The standard InChI is InChI=1S/C12H16N2O3/c1-16-9-5-7-3-4-14-11(12(13)15)8(7)6-10(9)17-2/h5-6,11,14H,3-4H2,1-2H3,(H2,13,15). The third-order valence-electron chi connectivity index (χ3n) is 2.98. The number of ether oxygens (including phenoxy) is 2. The Morgan fingerprint density at radius 1 is 1.35 bits per heavy atom. The van der Waals surface area contributed by atoms with Crippen LogP contribution in [0.2, 0.25) is 0 Å². The maximum atomic E-state index is 11.4. The summed E-state index contributed by atoms with van der Waals surface area (Å²) >= 11 is 0. The Kier molecular flexibility index (Phi) is 3.19. The van der Waals surface area contributed by atoms with Gasteiger partial charge in [0.25, 0.3) is 0 Å². The molecule has 5 heteroatoms. The molecular formula is C12H16N2O3. The van der Waals surface area contributed by atoms with E-state index >= 15 is 0 Å². The Bertz CT molecular complexity index is 446. The minimum atomic E-state index is -0.446. The summed E-state index contributed by atoms with van der Waals surface area (Å²) < 4.78 is 10.5. The first-order chi connectivity index (χ1) is 8.17. The highest BCUT2D eigenvalue weighted by atomic mass is 16.5. The van der Waals surface area contributed by atoms with E-state index in [0.29, 0.717) is 11.5 Å². The van der Waals surface area contributed by atoms with Gasteiger partial charge in [-0.05, 0) is 29.7 Å². The molecule has 0 saturated heterocycles. The molecule has 5 nitrogen and oxygen atoms in total. The smallest absolute Gasteiger partial charge is 0.239 e. The molecule has 0 aliphatic carbocycles. The summed E-state index contributed by atoms with van der Waals surface area (Å²) in [6.07, 6.45) is 0.847. The number of nitrogens with two attached hydrogens (primary N) is 1. The van der Waals surface area contributed by atoms with Crippen molar-refractivity contribution in [2.45, 2.75) is 12.5 Å². The van der Waals surface area contributed by atoms with Gasteiger partial charge in [-0.1, -0.05) is 0 Å². The molecule has 1 aromatic carbocycles. The molecule has 1 aliphatic rings. The second-order valence-corrected chi connectivity index (χ2v) is 3.95. The van der Waals surface area contributed by atoms with Crippen LogP contribution in [0.15, 0.2) is 12.1 Å². The van der Waals surface area contributed by atoms with Crippen LogP contribution < -0.4 is 20.5 Å². The third-order valence-corrected chi connectivity index (χ3v) is 2.98. The monoisotopic (exact) mass is 236 g/mol. The lowest BCUT2D eigenvalue weighted by Crippen LogP contribution is -2.38. The maximum absolute atomic E-state index is 11.4. The van der Waals surface area contributed by atoms with Crippen molar-refractivity contribution in [2.75, 3.05) is 20.8 Å². The van der Waals surface area contributed by atoms with Gasteiger partial charge in [-0.3, -0.25) is 4.79 Å². The molecule has 1 amide bonds. The molecular weight excluding hydrogens is 220 g/mol. The summed E-state index contributed by atoms with van der Waals surface area (Å²) in [5, 5.41) is 3.09. The van der Waals surface area contributed by atoms with Crippen molar-refractivity contribution >= 4 is 5.91 Å². The van der Waals surface area contributed by atoms with Gasteiger partial charge in [-0.15, -0.1) is 0 Å². The van der Waals surface area contributed by atoms with Crippen molar-refractivity contribution in [1.82, 2.24) is 5.32 Å². The largest absolute Gasteiger partial charge is 0.493 e. The van der Waals surface area contributed by atoms with Gasteiger partial charge in [0.2, 0.25) is 5.91 Å². The lowest BCUT2D eigenvalue weighted by molar-refractivity contribution is -0.120. The van der Waals surface area contributed by atoms with Gasteiger partial charge < -0.3 is 20.5 Å². The van der Waals surface area contributed by atoms with Crippen LogP contribution in [0.4, 0.5) is 0 Å². The van der Waals surface area contributed by atoms with Crippen molar-refractivity contribution in [2.24, 2.45) is 5.73 Å². The Balaban J connectivity index is 2.50. The van der Waals surface area contributed by atoms with E-state index in [9.17, 15) is 4.79 Å². The van der Waals surface area contributed by atoms with Crippen LogP contribution in [-0.2, 0) is 11.2 Å². The van der Waals surface area contributed by atoms with Gasteiger partial charge in [0, 0.05) is 6.54 Å². The number of primary amides is 1. The average Bonchev–Trinajstić information content (AvgIpc) is 2.35. The van der Waals surface area contributed by atoms with Crippen molar-refractivity contribution < 1.29 is 14.3 Å². The van der Waals surface area contributed by atoms with Gasteiger partial charge >= 0.3 is 0 Å². The molecule has 0 saturated carbocycles. The first kappa shape index (κ1) is 11.7. The summed E-state index contributed by atoms with van der Waals surface area (Å²) in [6, 6.07) is 3.28. The predicted octanol–water partition coefficient (Wildman–Crippen LogP) is 0.376.